The number of aryl methyl sites for hydroxylation is 2. The normalized spacial score (nSPS) is 12.0. The quantitative estimate of drug-likeness (QED) is 0.149. The first-order chi connectivity index (χ1) is 26.6. The highest BCUT2D eigenvalue weighted by molar-refractivity contribution is 7.26. The maximum atomic E-state index is 4.40. The first-order valence-corrected chi connectivity index (χ1v) is 21.1. The van der Waals surface area contributed by atoms with Crippen molar-refractivity contribution in [1.29, 1.82) is 0 Å². The molecule has 0 spiro atoms. The number of allylic oxidation sites excluding steroid dienone is 1. The summed E-state index contributed by atoms with van der Waals surface area (Å²) >= 11 is 5.44. The molecule has 7 aromatic carbocycles. The number of hydrogen-bond donors (Lipinski definition) is 0. The van der Waals surface area contributed by atoms with Crippen LogP contribution in [0.5, 0.6) is 0 Å². The van der Waals surface area contributed by atoms with Gasteiger partial charge < -0.3 is 0 Å². The summed E-state index contributed by atoms with van der Waals surface area (Å²) < 4.78 is 2.60. The third-order valence-electron chi connectivity index (χ3n) is 11.1. The number of benzene rings is 7. The number of thiophene rings is 3. The molecule has 0 N–H and O–H groups in total. The number of fused-ring (bicyclic) bond motifs is 6. The summed E-state index contributed by atoms with van der Waals surface area (Å²) in [5.41, 5.74) is 15.3. The second-order valence-electron chi connectivity index (χ2n) is 14.1. The Labute approximate surface area is 327 Å². The molecule has 0 fully saturated rings. The van der Waals surface area contributed by atoms with Crippen LogP contribution in [0.3, 0.4) is 0 Å². The highest BCUT2D eigenvalue weighted by Crippen LogP contribution is 2.50. The van der Waals surface area contributed by atoms with Crippen molar-refractivity contribution in [3.05, 3.63) is 166 Å². The van der Waals surface area contributed by atoms with Gasteiger partial charge in [0.25, 0.3) is 0 Å². The van der Waals surface area contributed by atoms with Crippen molar-refractivity contribution in [2.75, 3.05) is 0 Å². The highest BCUT2D eigenvalue weighted by Gasteiger charge is 2.23. The molecular weight excluding hydrogens is 709 g/mol. The minimum atomic E-state index is 1.18. The maximum absolute atomic E-state index is 4.40. The fraction of sp³-hybridized carbons (Fsp3) is 0.0588. The zero-order valence-corrected chi connectivity index (χ0v) is 32.8. The van der Waals surface area contributed by atoms with Gasteiger partial charge in [-0.2, -0.15) is 22.7 Å². The fourth-order valence-electron chi connectivity index (χ4n) is 8.76. The van der Waals surface area contributed by atoms with E-state index < -0.39 is 0 Å². The summed E-state index contributed by atoms with van der Waals surface area (Å²) in [6, 6.07) is 40.9. The van der Waals surface area contributed by atoms with Crippen molar-refractivity contribution in [3.63, 3.8) is 0 Å². The van der Waals surface area contributed by atoms with Crippen LogP contribution in [0.1, 0.15) is 29.2 Å². The second-order valence-corrected chi connectivity index (χ2v) is 16.7. The average Bonchev–Trinajstić information content (AvgIpc) is 3.93. The first kappa shape index (κ1) is 33.0. The molecule has 3 heteroatoms. The van der Waals surface area contributed by atoms with Crippen LogP contribution in [0.15, 0.2) is 143 Å². The molecule has 0 amide bonds. The molecule has 0 nitrogen and oxygen atoms in total. The van der Waals surface area contributed by atoms with Gasteiger partial charge in [0.05, 0.1) is 0 Å². The number of rotatable bonds is 6. The van der Waals surface area contributed by atoms with E-state index in [9.17, 15) is 0 Å². The summed E-state index contributed by atoms with van der Waals surface area (Å²) in [7, 11) is 0. The van der Waals surface area contributed by atoms with E-state index in [1.54, 1.807) is 22.7 Å². The molecule has 0 bridgehead atoms. The lowest BCUT2D eigenvalue weighted by molar-refractivity contribution is 1.53. The van der Waals surface area contributed by atoms with Gasteiger partial charge in [-0.25, -0.2) is 0 Å². The van der Waals surface area contributed by atoms with Gasteiger partial charge in [-0.15, -0.1) is 11.3 Å². The van der Waals surface area contributed by atoms with E-state index in [4.69, 9.17) is 0 Å². The van der Waals surface area contributed by atoms with Crippen LogP contribution in [0, 0.1) is 13.8 Å². The van der Waals surface area contributed by atoms with E-state index in [0.29, 0.717) is 0 Å². The lowest BCUT2D eigenvalue weighted by Gasteiger charge is -2.21. The van der Waals surface area contributed by atoms with Gasteiger partial charge in [0, 0.05) is 20.2 Å². The summed E-state index contributed by atoms with van der Waals surface area (Å²) in [4.78, 5) is 0. The summed E-state index contributed by atoms with van der Waals surface area (Å²) in [5.74, 6) is 0. The molecule has 3 heterocycles. The van der Waals surface area contributed by atoms with E-state index in [1.807, 2.05) is 11.3 Å². The zero-order chi connectivity index (χ0) is 36.5. The molecule has 258 valence electrons. The van der Waals surface area contributed by atoms with Crippen molar-refractivity contribution in [2.45, 2.75) is 20.8 Å². The van der Waals surface area contributed by atoms with Crippen LogP contribution < -0.4 is 0 Å². The van der Waals surface area contributed by atoms with Crippen LogP contribution in [0.4, 0.5) is 0 Å². The lowest BCUT2D eigenvalue weighted by Crippen LogP contribution is -1.96. The monoisotopic (exact) mass is 744 g/mol. The predicted molar refractivity (Wildman–Crippen MR) is 244 cm³/mol. The maximum Gasteiger partial charge on any atom is 0.0361 e. The van der Waals surface area contributed by atoms with Crippen molar-refractivity contribution in [1.82, 2.24) is 0 Å². The smallest absolute Gasteiger partial charge is 0.0361 e. The molecule has 10 rings (SSSR count). The van der Waals surface area contributed by atoms with Crippen LogP contribution >= 0.6 is 34.0 Å². The van der Waals surface area contributed by atoms with Gasteiger partial charge in [-0.3, -0.25) is 0 Å². The predicted octanol–water partition coefficient (Wildman–Crippen LogP) is 16.6. The van der Waals surface area contributed by atoms with Gasteiger partial charge in [0.2, 0.25) is 0 Å². The molecule has 0 saturated heterocycles. The zero-order valence-electron chi connectivity index (χ0n) is 30.4. The molecule has 0 aliphatic carbocycles. The largest absolute Gasteiger partial charge is 0.151 e. The SMILES string of the molecule is C=Cc1c(/C=C\C)c(-c2cccc3sc4cc(-c5c6ccccc6c(-c6cscc6C)c6ccccc56)ccc4c23)c2ccccc2c1-c1cscc1C. The van der Waals surface area contributed by atoms with Gasteiger partial charge in [-0.1, -0.05) is 122 Å². The van der Waals surface area contributed by atoms with Gasteiger partial charge in [-0.05, 0) is 154 Å². The molecule has 54 heavy (non-hydrogen) atoms. The molecule has 0 saturated carbocycles. The third-order valence-corrected chi connectivity index (χ3v) is 13.9. The molecule has 0 atom stereocenters. The van der Waals surface area contributed by atoms with Gasteiger partial charge in [0.15, 0.2) is 0 Å². The summed E-state index contributed by atoms with van der Waals surface area (Å²) in [5, 5.41) is 19.4. The molecule has 0 unspecified atom stereocenters. The second kappa shape index (κ2) is 13.1. The molecule has 0 radical (unpaired) electrons. The highest BCUT2D eigenvalue weighted by atomic mass is 32.1. The Kier molecular flexibility index (Phi) is 7.99. The van der Waals surface area contributed by atoms with Crippen LogP contribution in [0.2, 0.25) is 0 Å². The van der Waals surface area contributed by atoms with E-state index in [1.165, 1.54) is 119 Å². The Balaban J connectivity index is 1.26. The number of hydrogen-bond acceptors (Lipinski definition) is 3. The standard InChI is InChI=1S/C51H36S3/c1-5-14-34-33(6-2)48(43-28-52-26-30(43)3)39-19-11-12-20-40(39)49(34)42-21-13-22-45-51(42)41-24-23-32(25-46(41)54-45)47-35-15-7-9-17-37(35)50(44-29-53-27-31(44)4)38-18-10-8-16-36(38)47/h5-29H,2H2,1,3-4H3/b14-5-. The Bertz CT molecular complexity index is 3100. The molecular formula is C51H36S3. The van der Waals surface area contributed by atoms with E-state index in [0.717, 1.165) is 0 Å². The molecule has 10 aromatic rings. The lowest BCUT2D eigenvalue weighted by atomic mass is 9.82. The first-order valence-electron chi connectivity index (χ1n) is 18.4. The Hall–Kier alpha value is -5.58. The Morgan fingerprint density at radius 3 is 1.56 bits per heavy atom. The Morgan fingerprint density at radius 1 is 0.481 bits per heavy atom. The molecule has 0 aliphatic rings. The van der Waals surface area contributed by atoms with E-state index in [2.05, 4.69) is 176 Å². The Morgan fingerprint density at radius 2 is 1.02 bits per heavy atom. The van der Waals surface area contributed by atoms with Crippen LogP contribution in [-0.2, 0) is 0 Å². The molecule has 0 aliphatic heterocycles. The molecule has 3 aromatic heterocycles. The minimum absolute atomic E-state index is 1.18. The summed E-state index contributed by atoms with van der Waals surface area (Å²) in [6.45, 7) is 11.0. The van der Waals surface area contributed by atoms with Crippen LogP contribution in [0.25, 0.3) is 109 Å². The van der Waals surface area contributed by atoms with Crippen molar-refractivity contribution < 1.29 is 0 Å². The van der Waals surface area contributed by atoms with Gasteiger partial charge >= 0.3 is 0 Å². The van der Waals surface area contributed by atoms with Gasteiger partial charge in [0.1, 0.15) is 0 Å². The van der Waals surface area contributed by atoms with E-state index >= 15 is 0 Å². The fourth-order valence-corrected chi connectivity index (χ4v) is 11.6. The minimum Gasteiger partial charge on any atom is -0.151 e. The van der Waals surface area contributed by atoms with E-state index in [-0.39, 0.29) is 0 Å². The van der Waals surface area contributed by atoms with Crippen LogP contribution in [-0.4, -0.2) is 0 Å². The van der Waals surface area contributed by atoms with Crippen molar-refractivity contribution >= 4 is 98.7 Å². The topological polar surface area (TPSA) is 0 Å². The van der Waals surface area contributed by atoms with Crippen molar-refractivity contribution in [2.24, 2.45) is 0 Å². The average molecular weight is 745 g/mol. The van der Waals surface area contributed by atoms with Crippen molar-refractivity contribution in [3.8, 4) is 44.5 Å². The summed E-state index contributed by atoms with van der Waals surface area (Å²) in [6.07, 6.45) is 6.52. The third kappa shape index (κ3) is 4.93.